The zero-order valence-electron chi connectivity index (χ0n) is 8.48. The van der Waals surface area contributed by atoms with Crippen molar-refractivity contribution in [2.45, 2.75) is 38.0 Å². The van der Waals surface area contributed by atoms with E-state index in [0.29, 0.717) is 12.1 Å². The van der Waals surface area contributed by atoms with Crippen molar-refractivity contribution in [3.63, 3.8) is 0 Å². The number of hydrogen-bond acceptors (Lipinski definition) is 2. The van der Waals surface area contributed by atoms with Gasteiger partial charge < -0.3 is 10.4 Å². The van der Waals surface area contributed by atoms with Crippen LogP contribution in [-0.2, 0) is 0 Å². The van der Waals surface area contributed by atoms with Gasteiger partial charge >= 0.3 is 0 Å². The molecule has 2 rings (SSSR count). The Balaban J connectivity index is 2.11. The molecule has 1 saturated heterocycles. The minimum absolute atomic E-state index is 0.156. The fourth-order valence-electron chi connectivity index (χ4n) is 2.17. The van der Waals surface area contributed by atoms with E-state index in [1.54, 1.807) is 0 Å². The van der Waals surface area contributed by atoms with Gasteiger partial charge in [-0.2, -0.15) is 0 Å². The maximum Gasteiger partial charge on any atom is 0.0573 e. The van der Waals surface area contributed by atoms with Gasteiger partial charge in [0.15, 0.2) is 0 Å². The van der Waals surface area contributed by atoms with Gasteiger partial charge in [0.1, 0.15) is 0 Å². The van der Waals surface area contributed by atoms with Crippen molar-refractivity contribution in [3.05, 3.63) is 35.9 Å². The van der Waals surface area contributed by atoms with E-state index in [-0.39, 0.29) is 6.10 Å². The molecule has 1 fully saturated rings. The van der Waals surface area contributed by atoms with E-state index >= 15 is 0 Å². The van der Waals surface area contributed by atoms with Crippen molar-refractivity contribution in [1.29, 1.82) is 0 Å². The van der Waals surface area contributed by atoms with E-state index in [1.165, 1.54) is 5.56 Å². The summed E-state index contributed by atoms with van der Waals surface area (Å²) in [5.41, 5.74) is 1.28. The lowest BCUT2D eigenvalue weighted by Crippen LogP contribution is -2.40. The Bertz CT molecular complexity index is 276. The maximum absolute atomic E-state index is 9.67. The van der Waals surface area contributed by atoms with Crippen LogP contribution >= 0.6 is 0 Å². The average molecular weight is 191 g/mol. The molecule has 76 valence electrons. The lowest BCUT2D eigenvalue weighted by atomic mass is 9.92. The third-order valence-corrected chi connectivity index (χ3v) is 2.82. The number of aliphatic hydroxyl groups excluding tert-OH is 1. The fraction of sp³-hybridized carbons (Fsp3) is 0.500. The van der Waals surface area contributed by atoms with E-state index in [4.69, 9.17) is 0 Å². The van der Waals surface area contributed by atoms with Gasteiger partial charge in [-0.05, 0) is 25.3 Å². The Morgan fingerprint density at radius 1 is 1.21 bits per heavy atom. The average Bonchev–Trinajstić information content (AvgIpc) is 2.18. The van der Waals surface area contributed by atoms with Crippen LogP contribution in [-0.4, -0.2) is 17.3 Å². The highest BCUT2D eigenvalue weighted by Gasteiger charge is 2.24. The van der Waals surface area contributed by atoms with Gasteiger partial charge in [0.05, 0.1) is 6.10 Å². The summed E-state index contributed by atoms with van der Waals surface area (Å²) in [6, 6.07) is 11.1. The van der Waals surface area contributed by atoms with Crippen molar-refractivity contribution in [3.8, 4) is 0 Å². The quantitative estimate of drug-likeness (QED) is 0.710. The number of rotatable bonds is 1. The molecule has 1 heterocycles. The molecule has 0 bridgehead atoms. The Morgan fingerprint density at radius 3 is 2.57 bits per heavy atom. The van der Waals surface area contributed by atoms with Crippen LogP contribution in [0.5, 0.6) is 0 Å². The predicted molar refractivity (Wildman–Crippen MR) is 57.0 cm³/mol. The van der Waals surface area contributed by atoms with Crippen molar-refractivity contribution in [2.75, 3.05) is 0 Å². The standard InChI is InChI=1S/C12H17NO/c1-9-7-11(14)8-12(13-9)10-5-3-2-4-6-10/h2-6,9,11-14H,7-8H2,1H3/t9-,11-,12-/m1/s1. The first-order valence-corrected chi connectivity index (χ1v) is 5.25. The molecule has 0 unspecified atom stereocenters. The highest BCUT2D eigenvalue weighted by molar-refractivity contribution is 5.19. The summed E-state index contributed by atoms with van der Waals surface area (Å²) in [5.74, 6) is 0. The van der Waals surface area contributed by atoms with Crippen LogP contribution in [0.4, 0.5) is 0 Å². The van der Waals surface area contributed by atoms with Crippen LogP contribution in [0.25, 0.3) is 0 Å². The van der Waals surface area contributed by atoms with Gasteiger partial charge in [-0.15, -0.1) is 0 Å². The highest BCUT2D eigenvalue weighted by Crippen LogP contribution is 2.25. The Labute approximate surface area is 85.0 Å². The van der Waals surface area contributed by atoms with Gasteiger partial charge in [-0.1, -0.05) is 30.3 Å². The lowest BCUT2D eigenvalue weighted by Gasteiger charge is -2.32. The molecule has 2 N–H and O–H groups in total. The largest absolute Gasteiger partial charge is 0.393 e. The Hall–Kier alpha value is -0.860. The molecule has 0 aromatic heterocycles. The van der Waals surface area contributed by atoms with Gasteiger partial charge in [0.25, 0.3) is 0 Å². The second-order valence-corrected chi connectivity index (χ2v) is 4.16. The highest BCUT2D eigenvalue weighted by atomic mass is 16.3. The summed E-state index contributed by atoms with van der Waals surface area (Å²) in [4.78, 5) is 0. The van der Waals surface area contributed by atoms with Crippen molar-refractivity contribution >= 4 is 0 Å². The zero-order chi connectivity index (χ0) is 9.97. The summed E-state index contributed by atoms with van der Waals surface area (Å²) in [6.45, 7) is 2.12. The normalized spacial score (nSPS) is 32.9. The molecule has 3 atom stereocenters. The van der Waals surface area contributed by atoms with E-state index in [2.05, 4.69) is 24.4 Å². The van der Waals surface area contributed by atoms with E-state index in [0.717, 1.165) is 12.8 Å². The first-order chi connectivity index (χ1) is 6.75. The van der Waals surface area contributed by atoms with Gasteiger partial charge in [0.2, 0.25) is 0 Å². The SMILES string of the molecule is C[C@@H]1C[C@@H](O)C[C@H](c2ccccc2)N1. The molecule has 1 aromatic carbocycles. The minimum atomic E-state index is -0.156. The molecule has 1 aliphatic heterocycles. The minimum Gasteiger partial charge on any atom is -0.393 e. The van der Waals surface area contributed by atoms with E-state index in [9.17, 15) is 5.11 Å². The molecular formula is C12H17NO. The van der Waals surface area contributed by atoms with Crippen LogP contribution < -0.4 is 5.32 Å². The zero-order valence-corrected chi connectivity index (χ0v) is 8.48. The summed E-state index contributed by atoms with van der Waals surface area (Å²) in [5, 5.41) is 13.2. The summed E-state index contributed by atoms with van der Waals surface area (Å²) < 4.78 is 0. The number of piperidine rings is 1. The summed E-state index contributed by atoms with van der Waals surface area (Å²) >= 11 is 0. The first kappa shape index (κ1) is 9.69. The summed E-state index contributed by atoms with van der Waals surface area (Å²) in [7, 11) is 0. The van der Waals surface area contributed by atoms with Crippen LogP contribution in [0.3, 0.4) is 0 Å². The third-order valence-electron chi connectivity index (χ3n) is 2.82. The fourth-order valence-corrected chi connectivity index (χ4v) is 2.17. The maximum atomic E-state index is 9.67. The first-order valence-electron chi connectivity index (χ1n) is 5.25. The number of nitrogens with one attached hydrogen (secondary N) is 1. The molecule has 2 nitrogen and oxygen atoms in total. The number of aliphatic hydroxyl groups is 1. The summed E-state index contributed by atoms with van der Waals surface area (Å²) in [6.07, 6.45) is 1.54. The topological polar surface area (TPSA) is 32.3 Å². The van der Waals surface area contributed by atoms with Crippen LogP contribution in [0.15, 0.2) is 30.3 Å². The Morgan fingerprint density at radius 2 is 1.93 bits per heavy atom. The molecule has 0 amide bonds. The van der Waals surface area contributed by atoms with Crippen LogP contribution in [0.2, 0.25) is 0 Å². The molecule has 1 aliphatic rings. The second kappa shape index (κ2) is 4.11. The van der Waals surface area contributed by atoms with E-state index in [1.807, 2.05) is 18.2 Å². The van der Waals surface area contributed by atoms with Crippen molar-refractivity contribution < 1.29 is 5.11 Å². The molecule has 0 aliphatic carbocycles. The molecule has 0 spiro atoms. The second-order valence-electron chi connectivity index (χ2n) is 4.16. The van der Waals surface area contributed by atoms with Crippen molar-refractivity contribution in [2.24, 2.45) is 0 Å². The van der Waals surface area contributed by atoms with E-state index < -0.39 is 0 Å². The molecule has 0 saturated carbocycles. The monoisotopic (exact) mass is 191 g/mol. The number of hydrogen-bond donors (Lipinski definition) is 2. The molecule has 14 heavy (non-hydrogen) atoms. The number of benzene rings is 1. The Kier molecular flexibility index (Phi) is 2.85. The van der Waals surface area contributed by atoms with Crippen LogP contribution in [0, 0.1) is 0 Å². The third kappa shape index (κ3) is 2.14. The van der Waals surface area contributed by atoms with Gasteiger partial charge in [0, 0.05) is 12.1 Å². The lowest BCUT2D eigenvalue weighted by molar-refractivity contribution is 0.0975. The predicted octanol–water partition coefficient (Wildman–Crippen LogP) is 1.86. The van der Waals surface area contributed by atoms with Gasteiger partial charge in [-0.25, -0.2) is 0 Å². The van der Waals surface area contributed by atoms with Crippen LogP contribution in [0.1, 0.15) is 31.4 Å². The van der Waals surface area contributed by atoms with Crippen molar-refractivity contribution in [1.82, 2.24) is 5.32 Å². The smallest absolute Gasteiger partial charge is 0.0573 e. The molecule has 0 radical (unpaired) electrons. The van der Waals surface area contributed by atoms with Gasteiger partial charge in [-0.3, -0.25) is 0 Å². The molecular weight excluding hydrogens is 174 g/mol. The molecule has 1 aromatic rings. The molecule has 2 heteroatoms.